The number of ether oxygens (including phenoxy) is 1. The van der Waals surface area contributed by atoms with Crippen LogP contribution in [0.15, 0.2) is 53.4 Å². The van der Waals surface area contributed by atoms with Gasteiger partial charge in [0.1, 0.15) is 12.0 Å². The Balaban J connectivity index is 1.31. The molecule has 0 aromatic heterocycles. The van der Waals surface area contributed by atoms with Crippen molar-refractivity contribution in [1.82, 2.24) is 9.80 Å². The van der Waals surface area contributed by atoms with Crippen LogP contribution >= 0.6 is 23.2 Å². The Morgan fingerprint density at radius 1 is 1.09 bits per heavy atom. The van der Waals surface area contributed by atoms with Crippen molar-refractivity contribution >= 4 is 40.3 Å². The number of likely N-dealkylation sites (N-methyl/N-ethyl adjacent to an activating group) is 1. The smallest absolute Gasteiger partial charge is 0.254 e. The Bertz CT molecular complexity index is 1470. The molecule has 8 heteroatoms. The fourth-order valence-electron chi connectivity index (χ4n) is 7.11. The van der Waals surface area contributed by atoms with Crippen LogP contribution in [0.25, 0.3) is 0 Å². The van der Waals surface area contributed by atoms with Crippen molar-refractivity contribution < 1.29 is 14.1 Å². The third-order valence-electron chi connectivity index (χ3n) is 9.60. The second kappa shape index (κ2) is 14.9. The topological polar surface area (TPSA) is 55.8 Å². The van der Waals surface area contributed by atoms with Gasteiger partial charge in [-0.05, 0) is 130 Å². The molecule has 1 fully saturated rings. The number of methoxy groups -OCH3 is 1. The number of rotatable bonds is 10. The van der Waals surface area contributed by atoms with Crippen LogP contribution in [0, 0.1) is 6.92 Å². The van der Waals surface area contributed by atoms with Crippen molar-refractivity contribution in [3.8, 4) is 5.75 Å². The molecule has 3 aromatic carbocycles. The number of benzene rings is 3. The van der Waals surface area contributed by atoms with Crippen molar-refractivity contribution in [3.63, 3.8) is 0 Å². The first kappa shape index (κ1) is 33.2. The molecule has 0 spiro atoms. The lowest BCUT2D eigenvalue weighted by Gasteiger charge is -2.34. The van der Waals surface area contributed by atoms with Gasteiger partial charge in [-0.25, -0.2) is 0 Å². The Morgan fingerprint density at radius 2 is 1.82 bits per heavy atom. The predicted molar refractivity (Wildman–Crippen MR) is 182 cm³/mol. The van der Waals surface area contributed by atoms with Gasteiger partial charge >= 0.3 is 0 Å². The van der Waals surface area contributed by atoms with Crippen molar-refractivity contribution in [2.45, 2.75) is 68.6 Å². The van der Waals surface area contributed by atoms with Crippen molar-refractivity contribution in [2.75, 3.05) is 46.6 Å². The molecule has 0 radical (unpaired) electrons. The van der Waals surface area contributed by atoms with Gasteiger partial charge in [-0.2, -0.15) is 0 Å². The number of fused-ring (bicyclic) bond motifs is 1. The Kier molecular flexibility index (Phi) is 11.2. The number of hydrogen-bond donors (Lipinski definition) is 0. The minimum absolute atomic E-state index is 0.0531. The highest BCUT2D eigenvalue weighted by atomic mass is 35.5. The number of aryl methyl sites for hydroxylation is 1. The van der Waals surface area contributed by atoms with E-state index in [1.54, 1.807) is 13.4 Å². The molecule has 5 rings (SSSR count). The zero-order valence-electron chi connectivity index (χ0n) is 26.3. The molecule has 1 aliphatic carbocycles. The molecule has 44 heavy (non-hydrogen) atoms. The minimum Gasteiger partial charge on any atom is -0.612 e. The molecule has 0 N–H and O–H groups in total. The first-order valence-corrected chi connectivity index (χ1v) is 18.0. The zero-order chi connectivity index (χ0) is 31.4. The summed E-state index contributed by atoms with van der Waals surface area (Å²) in [6.07, 6.45) is 8.92. The number of nitrogens with zero attached hydrogens (tertiary/aromatic N) is 2. The van der Waals surface area contributed by atoms with Gasteiger partial charge in [0.2, 0.25) is 0 Å². The van der Waals surface area contributed by atoms with Gasteiger partial charge in [0.25, 0.3) is 5.91 Å². The van der Waals surface area contributed by atoms with E-state index >= 15 is 0 Å². The number of amides is 1. The van der Waals surface area contributed by atoms with Crippen molar-refractivity contribution in [1.29, 1.82) is 0 Å². The average Bonchev–Trinajstić information content (AvgIpc) is 3.04. The maximum atomic E-state index is 14.1. The standard InChI is InChI=1S/C36H44Cl2N2O3S/c1-24-33(43-3)22-27-9-5-6-11-30(27)35(24)36(41)39(2)23-28(26-13-14-31(37)32(38)21-26)17-20-40-18-15-25(16-19-40)29-10-7-8-12-34(29)44(4)42/h7-8,10,12-14,21-22,25,28H,5-6,9,11,15-20,23H2,1-4H3/t28-,44?/m1/s1. The van der Waals surface area contributed by atoms with Crippen molar-refractivity contribution in [2.24, 2.45) is 0 Å². The molecular formula is C36H44Cl2N2O3S. The Hall–Kier alpha value is -2.22. The second-order valence-electron chi connectivity index (χ2n) is 12.4. The number of carbonyl (C=O) groups excluding carboxylic acids is 1. The Labute approximate surface area is 276 Å². The normalized spacial score (nSPS) is 17.2. The van der Waals surface area contributed by atoms with E-state index in [0.29, 0.717) is 22.5 Å². The molecular weight excluding hydrogens is 611 g/mol. The number of likely N-dealkylation sites (tertiary alicyclic amines) is 1. The van der Waals surface area contributed by atoms with Crippen LogP contribution in [0.5, 0.6) is 5.75 Å². The lowest BCUT2D eigenvalue weighted by molar-refractivity contribution is 0.0779. The molecule has 0 bridgehead atoms. The average molecular weight is 656 g/mol. The van der Waals surface area contributed by atoms with Gasteiger partial charge in [0.15, 0.2) is 4.90 Å². The fraction of sp³-hybridized carbons (Fsp3) is 0.472. The van der Waals surface area contributed by atoms with Gasteiger partial charge in [0, 0.05) is 36.2 Å². The molecule has 1 saturated heterocycles. The summed E-state index contributed by atoms with van der Waals surface area (Å²) in [6.45, 7) is 5.50. The van der Waals surface area contributed by atoms with E-state index in [0.717, 1.165) is 91.9 Å². The van der Waals surface area contributed by atoms with Crippen LogP contribution in [-0.2, 0) is 24.0 Å². The molecule has 1 aliphatic heterocycles. The third-order valence-corrected chi connectivity index (χ3v) is 11.3. The summed E-state index contributed by atoms with van der Waals surface area (Å²) in [5, 5.41) is 1.07. The summed E-state index contributed by atoms with van der Waals surface area (Å²) < 4.78 is 18.0. The predicted octanol–water partition coefficient (Wildman–Crippen LogP) is 8.05. The van der Waals surface area contributed by atoms with E-state index in [9.17, 15) is 9.35 Å². The number of hydrogen-bond acceptors (Lipinski definition) is 4. The summed E-state index contributed by atoms with van der Waals surface area (Å²) >= 11 is 11.8. The highest BCUT2D eigenvalue weighted by molar-refractivity contribution is 7.90. The first-order chi connectivity index (χ1) is 21.2. The van der Waals surface area contributed by atoms with Crippen LogP contribution in [-0.4, -0.2) is 66.9 Å². The van der Waals surface area contributed by atoms with E-state index in [4.69, 9.17) is 27.9 Å². The summed E-state index contributed by atoms with van der Waals surface area (Å²) in [4.78, 5) is 19.5. The van der Waals surface area contributed by atoms with Crippen LogP contribution in [0.2, 0.25) is 10.0 Å². The monoisotopic (exact) mass is 654 g/mol. The largest absolute Gasteiger partial charge is 0.612 e. The number of carbonyl (C=O) groups is 1. The molecule has 1 unspecified atom stereocenters. The van der Waals surface area contributed by atoms with Gasteiger partial charge < -0.3 is 19.1 Å². The minimum atomic E-state index is -0.987. The first-order valence-electron chi connectivity index (χ1n) is 15.7. The lowest BCUT2D eigenvalue weighted by atomic mass is 9.85. The SMILES string of the molecule is COc1cc2c(c(C(=O)N(C)C[C@@H](CCN3CCC(c4ccccc4[S+](C)[O-])CC3)c3ccc(Cl)c(Cl)c3)c1C)CCCC2. The molecule has 2 aliphatic rings. The van der Waals surface area contributed by atoms with Crippen molar-refractivity contribution in [3.05, 3.63) is 92.0 Å². The molecule has 0 saturated carbocycles. The van der Waals surface area contributed by atoms with E-state index < -0.39 is 11.2 Å². The molecule has 2 atom stereocenters. The van der Waals surface area contributed by atoms with Crippen LogP contribution in [0.4, 0.5) is 0 Å². The third kappa shape index (κ3) is 7.42. The second-order valence-corrected chi connectivity index (χ2v) is 14.5. The highest BCUT2D eigenvalue weighted by Crippen LogP contribution is 2.36. The van der Waals surface area contributed by atoms with E-state index in [-0.39, 0.29) is 11.8 Å². The van der Waals surface area contributed by atoms with Gasteiger partial charge in [0.05, 0.1) is 17.2 Å². The lowest BCUT2D eigenvalue weighted by Crippen LogP contribution is -2.37. The zero-order valence-corrected chi connectivity index (χ0v) is 28.7. The van der Waals surface area contributed by atoms with Gasteiger partial charge in [-0.15, -0.1) is 0 Å². The molecule has 3 aromatic rings. The molecule has 236 valence electrons. The van der Waals surface area contributed by atoms with Gasteiger partial charge in [-0.3, -0.25) is 4.79 Å². The summed E-state index contributed by atoms with van der Waals surface area (Å²) in [7, 11) is 3.60. The van der Waals surface area contributed by atoms with E-state index in [2.05, 4.69) is 23.1 Å². The quantitative estimate of drug-likeness (QED) is 0.208. The molecule has 5 nitrogen and oxygen atoms in total. The highest BCUT2D eigenvalue weighted by Gasteiger charge is 2.29. The van der Waals surface area contributed by atoms with Crippen LogP contribution in [0.1, 0.15) is 82.1 Å². The fourth-order valence-corrected chi connectivity index (χ4v) is 8.25. The molecule has 1 amide bonds. The number of halogens is 2. The maximum Gasteiger partial charge on any atom is 0.254 e. The van der Waals surface area contributed by atoms with E-state index in [1.165, 1.54) is 16.7 Å². The van der Waals surface area contributed by atoms with Crippen LogP contribution < -0.4 is 4.74 Å². The summed E-state index contributed by atoms with van der Waals surface area (Å²) in [6, 6.07) is 16.2. The van der Waals surface area contributed by atoms with E-state index in [1.807, 2.05) is 49.2 Å². The Morgan fingerprint density at radius 3 is 2.52 bits per heavy atom. The molecule has 1 heterocycles. The number of piperidine rings is 1. The summed E-state index contributed by atoms with van der Waals surface area (Å²) in [5.74, 6) is 1.37. The maximum absolute atomic E-state index is 14.1. The summed E-state index contributed by atoms with van der Waals surface area (Å²) in [5.41, 5.74) is 6.49. The van der Waals surface area contributed by atoms with Gasteiger partial charge in [-0.1, -0.05) is 47.5 Å². The van der Waals surface area contributed by atoms with Crippen LogP contribution in [0.3, 0.4) is 0 Å².